The summed E-state index contributed by atoms with van der Waals surface area (Å²) in [5.41, 5.74) is 0. The van der Waals surface area contributed by atoms with Crippen LogP contribution in [0.3, 0.4) is 0 Å². The summed E-state index contributed by atoms with van der Waals surface area (Å²) in [6.45, 7) is 5.03. The van der Waals surface area contributed by atoms with Gasteiger partial charge in [0.05, 0.1) is 0 Å². The Balaban J connectivity index is 3.53. The van der Waals surface area contributed by atoms with Crippen LogP contribution in [0.15, 0.2) is 12.2 Å². The Kier molecular flexibility index (Phi) is 7.50. The van der Waals surface area contributed by atoms with Gasteiger partial charge in [-0.05, 0) is 13.8 Å². The molecule has 0 radical (unpaired) electrons. The van der Waals surface area contributed by atoms with Crippen LogP contribution in [0.25, 0.3) is 0 Å². The third kappa shape index (κ3) is 7.34. The van der Waals surface area contributed by atoms with Crippen LogP contribution in [-0.4, -0.2) is 24.9 Å². The van der Waals surface area contributed by atoms with Crippen LogP contribution >= 0.6 is 0 Å². The second-order valence-electron chi connectivity index (χ2n) is 2.79. The molecule has 0 atom stereocenters. The van der Waals surface area contributed by atoms with Gasteiger partial charge in [0, 0.05) is 25.9 Å². The maximum absolute atomic E-state index is 11.0. The van der Waals surface area contributed by atoms with Crippen molar-refractivity contribution in [2.75, 3.05) is 13.1 Å². The molecule has 2 N–H and O–H groups in total. The molecule has 14 heavy (non-hydrogen) atoms. The standard InChI is InChI=1S/C10H18N2O2/c1-3-11-9(13)7-5-6-8-10(14)12-4-2/h5-6H,3-4,7-8H2,1-2H3,(H,11,13)(H,12,14)/b6-5+. The molecule has 0 rings (SSSR count). The van der Waals surface area contributed by atoms with Gasteiger partial charge in [0.25, 0.3) is 0 Å². The van der Waals surface area contributed by atoms with Crippen molar-refractivity contribution < 1.29 is 9.59 Å². The van der Waals surface area contributed by atoms with E-state index in [1.807, 2.05) is 13.8 Å². The van der Waals surface area contributed by atoms with E-state index in [0.717, 1.165) is 0 Å². The predicted molar refractivity (Wildman–Crippen MR) is 55.7 cm³/mol. The van der Waals surface area contributed by atoms with Crippen LogP contribution in [0, 0.1) is 0 Å². The quantitative estimate of drug-likeness (QED) is 0.614. The van der Waals surface area contributed by atoms with Crippen molar-refractivity contribution in [1.82, 2.24) is 10.6 Å². The van der Waals surface area contributed by atoms with Gasteiger partial charge in [-0.2, -0.15) is 0 Å². The van der Waals surface area contributed by atoms with Crippen LogP contribution in [0.1, 0.15) is 26.7 Å². The zero-order chi connectivity index (χ0) is 10.8. The van der Waals surface area contributed by atoms with E-state index in [0.29, 0.717) is 25.9 Å². The van der Waals surface area contributed by atoms with Gasteiger partial charge in [0.1, 0.15) is 0 Å². The van der Waals surface area contributed by atoms with E-state index >= 15 is 0 Å². The molecule has 0 aliphatic carbocycles. The monoisotopic (exact) mass is 198 g/mol. The first kappa shape index (κ1) is 12.7. The zero-order valence-corrected chi connectivity index (χ0v) is 8.80. The van der Waals surface area contributed by atoms with Crippen LogP contribution in [0.4, 0.5) is 0 Å². The van der Waals surface area contributed by atoms with Crippen LogP contribution in [0.2, 0.25) is 0 Å². The number of hydrogen-bond acceptors (Lipinski definition) is 2. The molecule has 0 unspecified atom stereocenters. The summed E-state index contributed by atoms with van der Waals surface area (Å²) >= 11 is 0. The molecule has 0 aliphatic rings. The number of amides is 2. The first-order valence-corrected chi connectivity index (χ1v) is 4.89. The highest BCUT2D eigenvalue weighted by atomic mass is 16.2. The van der Waals surface area contributed by atoms with Crippen molar-refractivity contribution >= 4 is 11.8 Å². The van der Waals surface area contributed by atoms with Gasteiger partial charge in [0.15, 0.2) is 0 Å². The molecule has 0 aromatic rings. The highest BCUT2D eigenvalue weighted by molar-refractivity contribution is 5.79. The van der Waals surface area contributed by atoms with E-state index in [9.17, 15) is 9.59 Å². The zero-order valence-electron chi connectivity index (χ0n) is 8.80. The fraction of sp³-hybridized carbons (Fsp3) is 0.600. The number of carbonyl (C=O) groups is 2. The minimum atomic E-state index is -0.0142. The van der Waals surface area contributed by atoms with Gasteiger partial charge in [-0.15, -0.1) is 0 Å². The second kappa shape index (κ2) is 8.29. The largest absolute Gasteiger partial charge is 0.356 e. The Hall–Kier alpha value is -1.32. The summed E-state index contributed by atoms with van der Waals surface area (Å²) < 4.78 is 0. The summed E-state index contributed by atoms with van der Waals surface area (Å²) in [5, 5.41) is 5.34. The molecular formula is C10H18N2O2. The van der Waals surface area contributed by atoms with Crippen LogP contribution in [0.5, 0.6) is 0 Å². The van der Waals surface area contributed by atoms with Crippen molar-refractivity contribution in [3.8, 4) is 0 Å². The minimum Gasteiger partial charge on any atom is -0.356 e. The Morgan fingerprint density at radius 3 is 1.57 bits per heavy atom. The third-order valence-corrected chi connectivity index (χ3v) is 1.52. The van der Waals surface area contributed by atoms with E-state index in [1.165, 1.54) is 0 Å². The van der Waals surface area contributed by atoms with Crippen molar-refractivity contribution in [3.63, 3.8) is 0 Å². The minimum absolute atomic E-state index is 0.0142. The van der Waals surface area contributed by atoms with Crippen molar-refractivity contribution in [1.29, 1.82) is 0 Å². The molecule has 80 valence electrons. The van der Waals surface area contributed by atoms with Gasteiger partial charge < -0.3 is 10.6 Å². The maximum atomic E-state index is 11.0. The predicted octanol–water partition coefficient (Wildman–Crippen LogP) is 0.595. The first-order valence-electron chi connectivity index (χ1n) is 4.89. The summed E-state index contributed by atoms with van der Waals surface area (Å²) in [4.78, 5) is 21.9. The van der Waals surface area contributed by atoms with Crippen LogP contribution in [-0.2, 0) is 9.59 Å². The van der Waals surface area contributed by atoms with E-state index in [4.69, 9.17) is 0 Å². The number of carbonyl (C=O) groups excluding carboxylic acids is 2. The lowest BCUT2D eigenvalue weighted by Crippen LogP contribution is -2.22. The molecule has 4 nitrogen and oxygen atoms in total. The first-order chi connectivity index (χ1) is 6.70. The number of rotatable bonds is 6. The molecule has 2 amide bonds. The number of nitrogens with one attached hydrogen (secondary N) is 2. The third-order valence-electron chi connectivity index (χ3n) is 1.52. The molecule has 0 aliphatic heterocycles. The number of hydrogen-bond donors (Lipinski definition) is 2. The molecule has 0 spiro atoms. The van der Waals surface area contributed by atoms with Gasteiger partial charge in [-0.1, -0.05) is 12.2 Å². The summed E-state index contributed by atoms with van der Waals surface area (Å²) in [7, 11) is 0. The average Bonchev–Trinajstić information content (AvgIpc) is 2.13. The van der Waals surface area contributed by atoms with Crippen molar-refractivity contribution in [2.45, 2.75) is 26.7 Å². The van der Waals surface area contributed by atoms with E-state index in [2.05, 4.69) is 10.6 Å². The molecule has 0 fully saturated rings. The molecule has 0 heterocycles. The summed E-state index contributed by atoms with van der Waals surface area (Å²) in [5.74, 6) is -0.0284. The van der Waals surface area contributed by atoms with Crippen molar-refractivity contribution in [2.24, 2.45) is 0 Å². The molecular weight excluding hydrogens is 180 g/mol. The second-order valence-corrected chi connectivity index (χ2v) is 2.79. The van der Waals surface area contributed by atoms with Gasteiger partial charge in [-0.3, -0.25) is 9.59 Å². The fourth-order valence-electron chi connectivity index (χ4n) is 0.919. The Labute approximate surface area is 84.8 Å². The SMILES string of the molecule is CCNC(=O)C/C=C/CC(=O)NCC. The molecule has 0 aromatic carbocycles. The average molecular weight is 198 g/mol. The molecule has 0 saturated heterocycles. The highest BCUT2D eigenvalue weighted by Crippen LogP contribution is 1.87. The summed E-state index contributed by atoms with van der Waals surface area (Å²) in [6, 6.07) is 0. The summed E-state index contributed by atoms with van der Waals surface area (Å²) in [6.07, 6.45) is 4.10. The molecule has 4 heteroatoms. The van der Waals surface area contributed by atoms with Crippen LogP contribution < -0.4 is 10.6 Å². The lowest BCUT2D eigenvalue weighted by Gasteiger charge is -1.98. The lowest BCUT2D eigenvalue weighted by atomic mass is 10.3. The van der Waals surface area contributed by atoms with E-state index in [-0.39, 0.29) is 11.8 Å². The Bertz CT molecular complexity index is 190. The lowest BCUT2D eigenvalue weighted by molar-refractivity contribution is -0.121. The van der Waals surface area contributed by atoms with E-state index in [1.54, 1.807) is 12.2 Å². The highest BCUT2D eigenvalue weighted by Gasteiger charge is 1.96. The van der Waals surface area contributed by atoms with Gasteiger partial charge in [-0.25, -0.2) is 0 Å². The van der Waals surface area contributed by atoms with Gasteiger partial charge in [0.2, 0.25) is 11.8 Å². The topological polar surface area (TPSA) is 58.2 Å². The normalized spacial score (nSPS) is 10.1. The Morgan fingerprint density at radius 2 is 1.29 bits per heavy atom. The molecule has 0 bridgehead atoms. The van der Waals surface area contributed by atoms with E-state index < -0.39 is 0 Å². The smallest absolute Gasteiger partial charge is 0.223 e. The Morgan fingerprint density at radius 1 is 0.929 bits per heavy atom. The fourth-order valence-corrected chi connectivity index (χ4v) is 0.919. The maximum Gasteiger partial charge on any atom is 0.223 e. The van der Waals surface area contributed by atoms with Crippen molar-refractivity contribution in [3.05, 3.63) is 12.2 Å². The molecule has 0 saturated carbocycles. The molecule has 0 aromatic heterocycles. The van der Waals surface area contributed by atoms with Gasteiger partial charge >= 0.3 is 0 Å².